The van der Waals surface area contributed by atoms with Gasteiger partial charge in [-0.2, -0.15) is 0 Å². The van der Waals surface area contributed by atoms with Gasteiger partial charge < -0.3 is 0 Å². The number of hydrogen-bond donors (Lipinski definition) is 1. The number of rotatable bonds is 3. The molecule has 1 N–H and O–H groups in total. The van der Waals surface area contributed by atoms with Crippen LogP contribution in [-0.2, 0) is 0 Å². The highest BCUT2D eigenvalue weighted by atomic mass is 127. The minimum Gasteiger partial charge on any atom is -0.268 e. The Kier molecular flexibility index (Phi) is 6.94. The van der Waals surface area contributed by atoms with Crippen molar-refractivity contribution >= 4 is 31.4 Å². The first-order chi connectivity index (χ1) is 3.91. The van der Waals surface area contributed by atoms with E-state index in [1.165, 1.54) is 0 Å². The van der Waals surface area contributed by atoms with Crippen LogP contribution >= 0.6 is 21.0 Å². The zero-order valence-corrected chi connectivity index (χ0v) is 6.92. The molecule has 0 spiro atoms. The van der Waals surface area contributed by atoms with Gasteiger partial charge in [0.2, 0.25) is 0 Å². The summed E-state index contributed by atoms with van der Waals surface area (Å²) in [6, 6.07) is 0. The molecular weight excluding hydrogens is 215 g/mol. The Morgan fingerprint density at radius 1 is 1.75 bits per heavy atom. The second-order valence-corrected chi connectivity index (χ2v) is 3.19. The van der Waals surface area contributed by atoms with Gasteiger partial charge in [-0.3, -0.25) is 8.52 Å². The average Bonchev–Trinajstić information content (AvgIpc) is 1.81. The second-order valence-electron chi connectivity index (χ2n) is 0.930. The number of hydrogen-bond acceptors (Lipinski definition) is 2. The van der Waals surface area contributed by atoms with Crippen LogP contribution in [0, 0.1) is 0 Å². The van der Waals surface area contributed by atoms with Gasteiger partial charge in [0.15, 0.2) is 0 Å². The van der Waals surface area contributed by atoms with Crippen LogP contribution < -0.4 is 3.53 Å². The highest BCUT2D eigenvalue weighted by Crippen LogP contribution is 1.79. The van der Waals surface area contributed by atoms with Gasteiger partial charge in [0.05, 0.1) is 4.14 Å². The maximum Gasteiger partial charge on any atom is 0.0702 e. The van der Waals surface area contributed by atoms with E-state index in [0.29, 0.717) is 0 Å². The lowest BCUT2D eigenvalue weighted by Crippen LogP contribution is -1.81. The molecule has 0 aromatic carbocycles. The molecule has 0 heterocycles. The molecule has 0 aromatic heterocycles. The summed E-state index contributed by atoms with van der Waals surface area (Å²) in [5, 5.41) is 0. The van der Waals surface area contributed by atoms with Crippen molar-refractivity contribution in [1.29, 1.82) is 0 Å². The second kappa shape index (κ2) is 6.97. The summed E-state index contributed by atoms with van der Waals surface area (Å²) >= 11 is -0.00524. The summed E-state index contributed by atoms with van der Waals surface area (Å²) in [6.45, 7) is 3.48. The van der Waals surface area contributed by atoms with Crippen molar-refractivity contribution in [3.63, 3.8) is 0 Å². The summed E-state index contributed by atoms with van der Waals surface area (Å²) in [4.78, 5) is 3.90. The highest BCUT2D eigenvalue weighted by molar-refractivity contribution is 14.2. The SMILES string of the molecule is C=CC=NC=INC. The number of aliphatic imine (C=N–C) groups is 1. The van der Waals surface area contributed by atoms with Crippen LogP contribution in [0.3, 0.4) is 0 Å². The van der Waals surface area contributed by atoms with Gasteiger partial charge in [-0.1, -0.05) is 12.7 Å². The van der Waals surface area contributed by atoms with E-state index in [1.54, 1.807) is 12.3 Å². The summed E-state index contributed by atoms with van der Waals surface area (Å²) in [5.41, 5.74) is 0. The third-order valence-electron chi connectivity index (χ3n) is 0.406. The van der Waals surface area contributed by atoms with Crippen LogP contribution in [0.4, 0.5) is 0 Å². The third kappa shape index (κ3) is 5.97. The maximum atomic E-state index is 3.90. The van der Waals surface area contributed by atoms with E-state index in [2.05, 4.69) is 15.1 Å². The van der Waals surface area contributed by atoms with Crippen LogP contribution in [0.2, 0.25) is 0 Å². The molecule has 0 unspecified atom stereocenters. The van der Waals surface area contributed by atoms with Gasteiger partial charge in [0, 0.05) is 6.21 Å². The van der Waals surface area contributed by atoms with Gasteiger partial charge in [-0.15, -0.1) is 0 Å². The van der Waals surface area contributed by atoms with Gasteiger partial charge in [-0.25, -0.2) is 0 Å². The lowest BCUT2D eigenvalue weighted by molar-refractivity contribution is 1.37. The first kappa shape index (κ1) is 7.97. The number of allylic oxidation sites excluding steroid dienone is 1. The fourth-order valence-electron chi connectivity index (χ4n) is 0.170. The van der Waals surface area contributed by atoms with Crippen molar-refractivity contribution in [2.45, 2.75) is 0 Å². The first-order valence-electron chi connectivity index (χ1n) is 2.17. The minimum atomic E-state index is -0.00524. The van der Waals surface area contributed by atoms with E-state index in [0.717, 1.165) is 0 Å². The molecular formula is C5H9IN2. The molecule has 0 rings (SSSR count). The Bertz CT molecular complexity index is 107. The quantitative estimate of drug-likeness (QED) is 0.433. The molecule has 2 nitrogen and oxygen atoms in total. The van der Waals surface area contributed by atoms with Gasteiger partial charge in [0.25, 0.3) is 0 Å². The first-order valence-corrected chi connectivity index (χ1v) is 4.49. The van der Waals surface area contributed by atoms with Crippen molar-refractivity contribution in [1.82, 2.24) is 3.53 Å². The number of halogens is 1. The number of nitrogens with one attached hydrogen (secondary N) is 1. The predicted molar refractivity (Wildman–Crippen MR) is 47.8 cm³/mol. The molecule has 0 aliphatic carbocycles. The van der Waals surface area contributed by atoms with Crippen molar-refractivity contribution in [3.05, 3.63) is 12.7 Å². The topological polar surface area (TPSA) is 24.4 Å². The zero-order valence-electron chi connectivity index (χ0n) is 4.76. The molecule has 3 heteroatoms. The van der Waals surface area contributed by atoms with Crippen molar-refractivity contribution < 1.29 is 0 Å². The Hall–Kier alpha value is -0.0300. The largest absolute Gasteiger partial charge is 0.268 e. The van der Waals surface area contributed by atoms with Crippen molar-refractivity contribution in [2.75, 3.05) is 7.05 Å². The van der Waals surface area contributed by atoms with E-state index in [9.17, 15) is 0 Å². The average molecular weight is 224 g/mol. The molecule has 0 radical (unpaired) electrons. The molecule has 0 aliphatic heterocycles. The van der Waals surface area contributed by atoms with Gasteiger partial charge >= 0.3 is 0 Å². The van der Waals surface area contributed by atoms with E-state index in [4.69, 9.17) is 0 Å². The summed E-state index contributed by atoms with van der Waals surface area (Å²) in [6.07, 6.45) is 3.34. The summed E-state index contributed by atoms with van der Waals surface area (Å²) in [7, 11) is 1.92. The fraction of sp³-hybridized carbons (Fsp3) is 0.200. The third-order valence-corrected chi connectivity index (χ3v) is 1.63. The lowest BCUT2D eigenvalue weighted by Gasteiger charge is -1.74. The van der Waals surface area contributed by atoms with E-state index in [-0.39, 0.29) is 21.0 Å². The van der Waals surface area contributed by atoms with E-state index >= 15 is 0 Å². The molecule has 0 saturated carbocycles. The molecule has 0 atom stereocenters. The Balaban J connectivity index is 3.26. The fourth-order valence-corrected chi connectivity index (χ4v) is 0.795. The predicted octanol–water partition coefficient (Wildman–Crippen LogP) is 1.11. The Morgan fingerprint density at radius 3 is 3.00 bits per heavy atom. The number of nitrogens with zero attached hydrogens (tertiary/aromatic N) is 1. The molecule has 0 aromatic rings. The van der Waals surface area contributed by atoms with Crippen molar-refractivity contribution in [2.24, 2.45) is 4.99 Å². The molecule has 0 fully saturated rings. The maximum absolute atomic E-state index is 3.90. The zero-order chi connectivity index (χ0) is 6.24. The van der Waals surface area contributed by atoms with E-state index in [1.807, 2.05) is 11.2 Å². The smallest absolute Gasteiger partial charge is 0.0702 e. The molecule has 46 valence electrons. The van der Waals surface area contributed by atoms with Crippen LogP contribution in [0.15, 0.2) is 17.6 Å². The minimum absolute atomic E-state index is 0.00524. The highest BCUT2D eigenvalue weighted by Gasteiger charge is 1.57. The molecule has 8 heavy (non-hydrogen) atoms. The Morgan fingerprint density at radius 2 is 2.50 bits per heavy atom. The van der Waals surface area contributed by atoms with Crippen LogP contribution in [0.5, 0.6) is 0 Å². The molecule has 0 amide bonds. The van der Waals surface area contributed by atoms with Crippen LogP contribution in [0.1, 0.15) is 0 Å². The van der Waals surface area contributed by atoms with Gasteiger partial charge in [0.1, 0.15) is 0 Å². The summed E-state index contributed by atoms with van der Waals surface area (Å²) in [5.74, 6) is 0. The van der Waals surface area contributed by atoms with Crippen LogP contribution in [-0.4, -0.2) is 17.4 Å². The monoisotopic (exact) mass is 224 g/mol. The molecule has 0 aliphatic rings. The standard InChI is InChI=1S/C5H9IN2/c1-3-4-8-5-6-7-2/h3-5,7H,1H2,2H3. The summed E-state index contributed by atoms with van der Waals surface area (Å²) < 4.78 is 4.92. The van der Waals surface area contributed by atoms with E-state index < -0.39 is 0 Å². The van der Waals surface area contributed by atoms with Crippen LogP contribution in [0.25, 0.3) is 0 Å². The van der Waals surface area contributed by atoms with Crippen molar-refractivity contribution in [3.8, 4) is 0 Å². The lowest BCUT2D eigenvalue weighted by atomic mass is 10.7. The van der Waals surface area contributed by atoms with Gasteiger partial charge in [-0.05, 0) is 28.1 Å². The normalized spacial score (nSPS) is 12.1. The Labute approximate surface area is 59.8 Å². The molecule has 0 saturated heterocycles. The molecule has 0 bridgehead atoms.